The highest BCUT2D eigenvalue weighted by molar-refractivity contribution is 5.97. The minimum absolute atomic E-state index is 0.0104. The van der Waals surface area contributed by atoms with E-state index >= 15 is 0 Å². The van der Waals surface area contributed by atoms with Gasteiger partial charge < -0.3 is 19.1 Å². The maximum absolute atomic E-state index is 12.2. The number of ether oxygens (including phenoxy) is 3. The highest BCUT2D eigenvalue weighted by Crippen LogP contribution is 2.43. The van der Waals surface area contributed by atoms with Gasteiger partial charge in [0.1, 0.15) is 6.61 Å². The largest absolute Gasteiger partial charge is 0.493 e. The van der Waals surface area contributed by atoms with Crippen LogP contribution in [0.5, 0.6) is 11.5 Å². The normalized spacial score (nSPS) is 10.6. The van der Waals surface area contributed by atoms with Crippen LogP contribution >= 0.6 is 0 Å². The maximum atomic E-state index is 12.2. The second-order valence-corrected chi connectivity index (χ2v) is 6.02. The van der Waals surface area contributed by atoms with Gasteiger partial charge in [-0.2, -0.15) is 0 Å². The van der Waals surface area contributed by atoms with Crippen molar-refractivity contribution in [2.45, 2.75) is 6.61 Å². The molecule has 2 rings (SSSR count). The third-order valence-corrected chi connectivity index (χ3v) is 3.83. The van der Waals surface area contributed by atoms with Crippen LogP contribution in [0, 0.1) is 10.1 Å². The van der Waals surface area contributed by atoms with Gasteiger partial charge in [-0.1, -0.05) is 30.3 Å². The number of methoxy groups -OCH3 is 2. The van der Waals surface area contributed by atoms with E-state index in [-0.39, 0.29) is 34.9 Å². The molecular formula is C20H22N2O6. The quantitative estimate of drug-likeness (QED) is 0.389. The fourth-order valence-corrected chi connectivity index (χ4v) is 2.51. The van der Waals surface area contributed by atoms with E-state index in [1.54, 1.807) is 25.2 Å². The molecule has 148 valence electrons. The van der Waals surface area contributed by atoms with Gasteiger partial charge in [0.2, 0.25) is 5.75 Å². The smallest absolute Gasteiger partial charge is 0.338 e. The molecule has 0 aliphatic heterocycles. The zero-order chi connectivity index (χ0) is 20.7. The summed E-state index contributed by atoms with van der Waals surface area (Å²) < 4.78 is 15.8. The Bertz CT molecular complexity index is 878. The molecule has 0 aliphatic rings. The van der Waals surface area contributed by atoms with Crippen LogP contribution in [-0.4, -0.2) is 44.1 Å². The molecule has 0 saturated carbocycles. The zero-order valence-corrected chi connectivity index (χ0v) is 16.2. The summed E-state index contributed by atoms with van der Waals surface area (Å²) in [6.45, 7) is 0.104. The molecule has 8 nitrogen and oxygen atoms in total. The van der Waals surface area contributed by atoms with Gasteiger partial charge in [-0.3, -0.25) is 10.1 Å². The minimum atomic E-state index is -0.714. The third-order valence-electron chi connectivity index (χ3n) is 3.83. The van der Waals surface area contributed by atoms with E-state index in [2.05, 4.69) is 0 Å². The van der Waals surface area contributed by atoms with Crippen LogP contribution in [0.2, 0.25) is 0 Å². The van der Waals surface area contributed by atoms with Crippen molar-refractivity contribution in [3.05, 3.63) is 69.4 Å². The van der Waals surface area contributed by atoms with Crippen molar-refractivity contribution in [3.63, 3.8) is 0 Å². The number of hydrogen-bond acceptors (Lipinski definition) is 7. The second-order valence-electron chi connectivity index (χ2n) is 6.02. The van der Waals surface area contributed by atoms with Gasteiger partial charge in [0.05, 0.1) is 30.3 Å². The van der Waals surface area contributed by atoms with Gasteiger partial charge in [0.25, 0.3) is 0 Å². The van der Waals surface area contributed by atoms with Gasteiger partial charge in [0.15, 0.2) is 5.75 Å². The van der Waals surface area contributed by atoms with Crippen LogP contribution in [0.25, 0.3) is 6.08 Å². The van der Waals surface area contributed by atoms with Crippen molar-refractivity contribution in [2.24, 2.45) is 0 Å². The average Bonchev–Trinajstić information content (AvgIpc) is 2.69. The summed E-state index contributed by atoms with van der Waals surface area (Å²) in [6.07, 6.45) is 3.07. The van der Waals surface area contributed by atoms with Crippen molar-refractivity contribution < 1.29 is 23.9 Å². The zero-order valence-electron chi connectivity index (χ0n) is 16.2. The molecule has 0 atom stereocenters. The van der Waals surface area contributed by atoms with Crippen molar-refractivity contribution in [1.29, 1.82) is 0 Å². The molecule has 28 heavy (non-hydrogen) atoms. The molecule has 2 aromatic rings. The van der Waals surface area contributed by atoms with E-state index in [9.17, 15) is 14.9 Å². The van der Waals surface area contributed by atoms with Gasteiger partial charge in [-0.05, 0) is 23.9 Å². The average molecular weight is 386 g/mol. The molecule has 8 heteroatoms. The lowest BCUT2D eigenvalue weighted by Crippen LogP contribution is -2.10. The molecule has 2 aromatic carbocycles. The van der Waals surface area contributed by atoms with Crippen molar-refractivity contribution in [3.8, 4) is 11.5 Å². The molecule has 0 amide bonds. The summed E-state index contributed by atoms with van der Waals surface area (Å²) in [4.78, 5) is 25.2. The predicted octanol–water partition coefficient (Wildman–Crippen LogP) is 3.50. The molecule has 0 bridgehead atoms. The van der Waals surface area contributed by atoms with Gasteiger partial charge >= 0.3 is 11.7 Å². The fourth-order valence-electron chi connectivity index (χ4n) is 2.51. The number of nitro benzene ring substituents is 1. The molecule has 0 aromatic heterocycles. The minimum Gasteiger partial charge on any atom is -0.493 e. The molecule has 0 radical (unpaired) electrons. The van der Waals surface area contributed by atoms with Gasteiger partial charge in [-0.25, -0.2) is 4.79 Å². The Hall–Kier alpha value is -3.55. The molecule has 0 aliphatic carbocycles. The Morgan fingerprint density at radius 2 is 1.89 bits per heavy atom. The van der Waals surface area contributed by atoms with Crippen molar-refractivity contribution in [2.75, 3.05) is 28.3 Å². The number of rotatable bonds is 8. The number of esters is 1. The molecule has 0 spiro atoms. The Kier molecular flexibility index (Phi) is 6.97. The molecule has 0 unspecified atom stereocenters. The van der Waals surface area contributed by atoms with Crippen LogP contribution in [0.15, 0.2) is 42.6 Å². The van der Waals surface area contributed by atoms with E-state index in [1.807, 2.05) is 30.3 Å². The summed E-state index contributed by atoms with van der Waals surface area (Å²) in [6, 6.07) is 10.6. The number of nitro groups is 1. The maximum Gasteiger partial charge on any atom is 0.338 e. The first-order valence-electron chi connectivity index (χ1n) is 8.38. The fraction of sp³-hybridized carbons (Fsp3) is 0.250. The Balaban J connectivity index is 2.65. The van der Waals surface area contributed by atoms with Crippen LogP contribution in [0.3, 0.4) is 0 Å². The third kappa shape index (κ3) is 4.79. The van der Waals surface area contributed by atoms with Gasteiger partial charge in [0, 0.05) is 14.1 Å². The standard InChI is InChI=1S/C20H22N2O6/c1-21(2)11-10-15-16(20(23)27-4)12-17(26-3)19(18(15)22(24)25)28-13-14-8-6-5-7-9-14/h5-12H,13H2,1-4H3. The lowest BCUT2D eigenvalue weighted by molar-refractivity contribution is -0.386. The highest BCUT2D eigenvalue weighted by Gasteiger charge is 2.30. The highest BCUT2D eigenvalue weighted by atomic mass is 16.6. The van der Waals surface area contributed by atoms with Crippen LogP contribution < -0.4 is 9.47 Å². The number of nitrogens with zero attached hydrogens (tertiary/aromatic N) is 2. The van der Waals surface area contributed by atoms with Crippen LogP contribution in [-0.2, 0) is 11.3 Å². The summed E-state index contributed by atoms with van der Waals surface area (Å²) in [5.74, 6) is -0.693. The summed E-state index contributed by atoms with van der Waals surface area (Å²) >= 11 is 0. The SMILES string of the molecule is COC(=O)c1cc(OC)c(OCc2ccccc2)c([N+](=O)[O-])c1C=CN(C)C. The van der Waals surface area contributed by atoms with Crippen molar-refractivity contribution in [1.82, 2.24) is 4.90 Å². The van der Waals surface area contributed by atoms with E-state index in [4.69, 9.17) is 14.2 Å². The van der Waals surface area contributed by atoms with Gasteiger partial charge in [-0.15, -0.1) is 0 Å². The predicted molar refractivity (Wildman–Crippen MR) is 104 cm³/mol. The molecule has 0 saturated heterocycles. The Morgan fingerprint density at radius 3 is 2.43 bits per heavy atom. The lowest BCUT2D eigenvalue weighted by atomic mass is 10.0. The number of carbonyl (C=O) groups is 1. The topological polar surface area (TPSA) is 91.1 Å². The van der Waals surface area contributed by atoms with Crippen LogP contribution in [0.4, 0.5) is 5.69 Å². The Labute approximate surface area is 163 Å². The molecule has 0 fully saturated rings. The Morgan fingerprint density at radius 1 is 1.21 bits per heavy atom. The summed E-state index contributed by atoms with van der Waals surface area (Å²) in [5.41, 5.74) is 0.556. The van der Waals surface area contributed by atoms with E-state index in [0.29, 0.717) is 0 Å². The number of hydrogen-bond donors (Lipinski definition) is 0. The van der Waals surface area contributed by atoms with Crippen molar-refractivity contribution >= 4 is 17.7 Å². The lowest BCUT2D eigenvalue weighted by Gasteiger charge is -2.15. The first-order chi connectivity index (χ1) is 13.4. The molecular weight excluding hydrogens is 364 g/mol. The van der Waals surface area contributed by atoms with Crippen LogP contribution in [0.1, 0.15) is 21.5 Å². The second kappa shape index (κ2) is 9.40. The summed E-state index contributed by atoms with van der Waals surface area (Å²) in [7, 11) is 6.08. The number of benzene rings is 2. The number of carbonyl (C=O) groups excluding carboxylic acids is 1. The van der Waals surface area contributed by atoms with E-state index in [0.717, 1.165) is 5.56 Å². The molecule has 0 N–H and O–H groups in total. The first-order valence-corrected chi connectivity index (χ1v) is 8.38. The monoisotopic (exact) mass is 386 g/mol. The molecule has 0 heterocycles. The van der Waals surface area contributed by atoms with E-state index < -0.39 is 10.9 Å². The first kappa shape index (κ1) is 20.8. The summed E-state index contributed by atoms with van der Waals surface area (Å²) in [5, 5.41) is 11.9. The van der Waals surface area contributed by atoms with E-state index in [1.165, 1.54) is 26.4 Å².